The molecule has 0 unspecified atom stereocenters. The third-order valence-electron chi connectivity index (χ3n) is 4.59. The summed E-state index contributed by atoms with van der Waals surface area (Å²) in [4.78, 5) is 26.9. The van der Waals surface area contributed by atoms with Gasteiger partial charge in [0.05, 0.1) is 13.2 Å². The first-order chi connectivity index (χ1) is 10.6. The van der Waals surface area contributed by atoms with Crippen molar-refractivity contribution in [1.82, 2.24) is 10.2 Å². The number of hydrogen-bond donors (Lipinski definition) is 1. The molecular formula is C17H22N2O3. The summed E-state index contributed by atoms with van der Waals surface area (Å²) < 4.78 is 5.27. The number of benzene rings is 1. The maximum atomic E-state index is 12.6. The Morgan fingerprint density at radius 3 is 2.55 bits per heavy atom. The first kappa shape index (κ1) is 15.0. The SMILES string of the molecule is Cc1ccccc1CNC(=O)C1(C(=O)N2CCOCC2)CC1. The Balaban J connectivity index is 1.61. The molecule has 2 aliphatic rings. The highest BCUT2D eigenvalue weighted by Gasteiger charge is 2.57. The van der Waals surface area contributed by atoms with Crippen LogP contribution in [0.4, 0.5) is 0 Å². The van der Waals surface area contributed by atoms with E-state index in [9.17, 15) is 9.59 Å². The van der Waals surface area contributed by atoms with Gasteiger partial charge < -0.3 is 15.0 Å². The van der Waals surface area contributed by atoms with Crippen LogP contribution in [0.5, 0.6) is 0 Å². The van der Waals surface area contributed by atoms with E-state index in [-0.39, 0.29) is 11.8 Å². The van der Waals surface area contributed by atoms with Crippen molar-refractivity contribution in [3.05, 3.63) is 35.4 Å². The standard InChI is InChI=1S/C17H22N2O3/c1-13-4-2-3-5-14(13)12-18-15(20)17(6-7-17)16(21)19-8-10-22-11-9-19/h2-5H,6-12H2,1H3,(H,18,20). The molecule has 0 spiro atoms. The summed E-state index contributed by atoms with van der Waals surface area (Å²) in [5.41, 5.74) is 1.41. The third kappa shape index (κ3) is 2.86. The zero-order chi connectivity index (χ0) is 15.6. The van der Waals surface area contributed by atoms with E-state index in [1.807, 2.05) is 31.2 Å². The molecule has 5 nitrogen and oxygen atoms in total. The molecular weight excluding hydrogens is 280 g/mol. The topological polar surface area (TPSA) is 58.6 Å². The van der Waals surface area contributed by atoms with Crippen LogP contribution in [0.3, 0.4) is 0 Å². The van der Waals surface area contributed by atoms with Gasteiger partial charge in [-0.05, 0) is 30.9 Å². The lowest BCUT2D eigenvalue weighted by molar-refractivity contribution is -0.147. The largest absolute Gasteiger partial charge is 0.378 e. The van der Waals surface area contributed by atoms with Gasteiger partial charge in [-0.15, -0.1) is 0 Å². The summed E-state index contributed by atoms with van der Waals surface area (Å²) in [5, 5.41) is 2.94. The van der Waals surface area contributed by atoms with Crippen LogP contribution < -0.4 is 5.32 Å². The van der Waals surface area contributed by atoms with E-state index in [0.29, 0.717) is 45.7 Å². The molecule has 0 bridgehead atoms. The van der Waals surface area contributed by atoms with E-state index in [1.165, 1.54) is 0 Å². The Hall–Kier alpha value is -1.88. The molecule has 1 saturated heterocycles. The minimum absolute atomic E-state index is 0.0296. The number of nitrogens with zero attached hydrogens (tertiary/aromatic N) is 1. The average Bonchev–Trinajstić information content (AvgIpc) is 3.36. The predicted octanol–water partition coefficient (Wildman–Crippen LogP) is 1.25. The van der Waals surface area contributed by atoms with Crippen molar-refractivity contribution in [2.75, 3.05) is 26.3 Å². The van der Waals surface area contributed by atoms with Crippen LogP contribution >= 0.6 is 0 Å². The number of amides is 2. The van der Waals surface area contributed by atoms with Crippen molar-refractivity contribution >= 4 is 11.8 Å². The normalized spacial score (nSPS) is 19.6. The molecule has 1 aliphatic heterocycles. The van der Waals surface area contributed by atoms with Crippen molar-refractivity contribution < 1.29 is 14.3 Å². The van der Waals surface area contributed by atoms with Crippen LogP contribution in [0.1, 0.15) is 24.0 Å². The highest BCUT2D eigenvalue weighted by atomic mass is 16.5. The maximum Gasteiger partial charge on any atom is 0.238 e. The Morgan fingerprint density at radius 2 is 1.91 bits per heavy atom. The summed E-state index contributed by atoms with van der Waals surface area (Å²) in [6.07, 6.45) is 1.31. The summed E-state index contributed by atoms with van der Waals surface area (Å²) in [5.74, 6) is -0.162. The summed E-state index contributed by atoms with van der Waals surface area (Å²) in [6, 6.07) is 7.96. The van der Waals surface area contributed by atoms with E-state index in [2.05, 4.69) is 5.32 Å². The fraction of sp³-hybridized carbons (Fsp3) is 0.529. The van der Waals surface area contributed by atoms with E-state index in [4.69, 9.17) is 4.74 Å². The molecule has 2 fully saturated rings. The molecule has 22 heavy (non-hydrogen) atoms. The third-order valence-corrected chi connectivity index (χ3v) is 4.59. The molecule has 118 valence electrons. The highest BCUT2D eigenvalue weighted by Crippen LogP contribution is 2.47. The number of carbonyl (C=O) groups is 2. The Bertz CT molecular complexity index is 575. The second kappa shape index (κ2) is 6.08. The fourth-order valence-electron chi connectivity index (χ4n) is 2.89. The van der Waals surface area contributed by atoms with E-state index < -0.39 is 5.41 Å². The number of rotatable bonds is 4. The van der Waals surface area contributed by atoms with Gasteiger partial charge in [0.15, 0.2) is 0 Å². The Labute approximate surface area is 130 Å². The second-order valence-electron chi connectivity index (χ2n) is 6.10. The van der Waals surface area contributed by atoms with Gasteiger partial charge in [-0.3, -0.25) is 9.59 Å². The van der Waals surface area contributed by atoms with E-state index >= 15 is 0 Å². The lowest BCUT2D eigenvalue weighted by atomic mass is 10.0. The van der Waals surface area contributed by atoms with Gasteiger partial charge in [0.25, 0.3) is 0 Å². The molecule has 1 heterocycles. The monoisotopic (exact) mass is 302 g/mol. The Kier molecular flexibility index (Phi) is 4.16. The fourth-order valence-corrected chi connectivity index (χ4v) is 2.89. The molecule has 1 N–H and O–H groups in total. The molecule has 5 heteroatoms. The average molecular weight is 302 g/mol. The minimum Gasteiger partial charge on any atom is -0.378 e. The zero-order valence-corrected chi connectivity index (χ0v) is 12.9. The van der Waals surface area contributed by atoms with Gasteiger partial charge in [-0.2, -0.15) is 0 Å². The van der Waals surface area contributed by atoms with Crippen molar-refractivity contribution in [2.24, 2.45) is 5.41 Å². The summed E-state index contributed by atoms with van der Waals surface area (Å²) >= 11 is 0. The quantitative estimate of drug-likeness (QED) is 0.852. The molecule has 0 radical (unpaired) electrons. The van der Waals surface area contributed by atoms with Gasteiger partial charge in [-0.1, -0.05) is 24.3 Å². The molecule has 0 atom stereocenters. The zero-order valence-electron chi connectivity index (χ0n) is 12.9. The predicted molar refractivity (Wildman–Crippen MR) is 82.1 cm³/mol. The first-order valence-electron chi connectivity index (χ1n) is 7.83. The van der Waals surface area contributed by atoms with Crippen LogP contribution in [0.2, 0.25) is 0 Å². The number of hydrogen-bond acceptors (Lipinski definition) is 3. The number of morpholine rings is 1. The Morgan fingerprint density at radius 1 is 1.23 bits per heavy atom. The van der Waals surface area contributed by atoms with Crippen molar-refractivity contribution in [1.29, 1.82) is 0 Å². The first-order valence-corrected chi connectivity index (χ1v) is 7.83. The second-order valence-corrected chi connectivity index (χ2v) is 6.10. The molecule has 1 aliphatic carbocycles. The summed E-state index contributed by atoms with van der Waals surface area (Å²) in [7, 11) is 0. The van der Waals surface area contributed by atoms with Gasteiger partial charge in [0.1, 0.15) is 5.41 Å². The van der Waals surface area contributed by atoms with Crippen LogP contribution in [0.25, 0.3) is 0 Å². The van der Waals surface area contributed by atoms with Crippen LogP contribution in [0, 0.1) is 12.3 Å². The number of nitrogens with one attached hydrogen (secondary N) is 1. The van der Waals surface area contributed by atoms with Crippen molar-refractivity contribution in [2.45, 2.75) is 26.3 Å². The van der Waals surface area contributed by atoms with Crippen LogP contribution in [0.15, 0.2) is 24.3 Å². The lowest BCUT2D eigenvalue weighted by Gasteiger charge is -2.30. The lowest BCUT2D eigenvalue weighted by Crippen LogP contribution is -2.49. The number of carbonyl (C=O) groups excluding carboxylic acids is 2. The molecule has 0 aromatic heterocycles. The molecule has 1 aromatic rings. The van der Waals surface area contributed by atoms with Crippen LogP contribution in [-0.4, -0.2) is 43.0 Å². The molecule has 3 rings (SSSR count). The van der Waals surface area contributed by atoms with Gasteiger partial charge >= 0.3 is 0 Å². The minimum atomic E-state index is -0.819. The molecule has 1 aromatic carbocycles. The van der Waals surface area contributed by atoms with Gasteiger partial charge in [0.2, 0.25) is 11.8 Å². The number of ether oxygens (including phenoxy) is 1. The highest BCUT2D eigenvalue weighted by molar-refractivity contribution is 6.07. The van der Waals surface area contributed by atoms with Crippen molar-refractivity contribution in [3.8, 4) is 0 Å². The molecule has 1 saturated carbocycles. The van der Waals surface area contributed by atoms with Gasteiger partial charge in [0, 0.05) is 19.6 Å². The van der Waals surface area contributed by atoms with E-state index in [0.717, 1.165) is 11.1 Å². The van der Waals surface area contributed by atoms with Crippen LogP contribution in [-0.2, 0) is 20.9 Å². The van der Waals surface area contributed by atoms with E-state index in [1.54, 1.807) is 4.90 Å². The smallest absolute Gasteiger partial charge is 0.238 e. The number of aryl methyl sites for hydroxylation is 1. The van der Waals surface area contributed by atoms with Gasteiger partial charge in [-0.25, -0.2) is 0 Å². The van der Waals surface area contributed by atoms with Crippen molar-refractivity contribution in [3.63, 3.8) is 0 Å². The summed E-state index contributed by atoms with van der Waals surface area (Å²) in [6.45, 7) is 4.80. The maximum absolute atomic E-state index is 12.6. The molecule has 2 amide bonds.